The van der Waals surface area contributed by atoms with Crippen molar-refractivity contribution >= 4 is 28.7 Å². The van der Waals surface area contributed by atoms with Crippen molar-refractivity contribution in [1.82, 2.24) is 4.98 Å². The first-order valence-electron chi connectivity index (χ1n) is 13.4. The van der Waals surface area contributed by atoms with Crippen molar-refractivity contribution in [3.05, 3.63) is 93.3 Å². The Hall–Kier alpha value is -2.72. The standard InChI is InChI=1S/C23H27ClFN.C9H14FN/c1-4-6-8-19-20-13-18(24)14-21(25)23(20)26-22(19)15(3)17-11-9-16(7-5-2)10-12-17;1-4-6-8(3)11-7-9(10)5-2/h9-15,26H,4-8H2,1-3H3;5-7H,4H2,1-3H3/b;8-6+,9-5+,11-7+. The number of allylic oxidation sites excluding steroid dienone is 4. The average Bonchev–Trinajstić information content (AvgIpc) is 3.25. The van der Waals surface area contributed by atoms with Crippen LogP contribution < -0.4 is 0 Å². The molecule has 0 fully saturated rings. The van der Waals surface area contributed by atoms with Crippen molar-refractivity contribution in [3.63, 3.8) is 0 Å². The third kappa shape index (κ3) is 8.96. The predicted octanol–water partition coefficient (Wildman–Crippen LogP) is 10.7. The molecule has 5 heteroatoms. The Morgan fingerprint density at radius 2 is 1.78 bits per heavy atom. The summed E-state index contributed by atoms with van der Waals surface area (Å²) in [7, 11) is 0. The van der Waals surface area contributed by atoms with Gasteiger partial charge in [0, 0.05) is 27.7 Å². The minimum absolute atomic E-state index is 0.183. The minimum atomic E-state index is -0.297. The molecule has 0 spiro atoms. The first kappa shape index (κ1) is 30.5. The zero-order valence-corrected chi connectivity index (χ0v) is 23.9. The smallest absolute Gasteiger partial charge is 0.148 e. The number of H-pyrrole nitrogens is 1. The normalized spacial score (nSPS) is 13.2. The molecule has 0 aliphatic carbocycles. The number of halogens is 3. The number of aryl methyl sites for hydroxylation is 2. The van der Waals surface area contributed by atoms with Gasteiger partial charge < -0.3 is 4.98 Å². The molecule has 3 rings (SSSR count). The zero-order chi connectivity index (χ0) is 27.4. The number of unbranched alkanes of at least 4 members (excludes halogenated alkanes) is 1. The van der Waals surface area contributed by atoms with Gasteiger partial charge in [-0.15, -0.1) is 0 Å². The lowest BCUT2D eigenvalue weighted by Gasteiger charge is -2.14. The molecule has 200 valence electrons. The first-order valence-corrected chi connectivity index (χ1v) is 13.7. The molecule has 1 N–H and O–H groups in total. The molecule has 1 atom stereocenters. The number of hydrogen-bond donors (Lipinski definition) is 1. The molecule has 0 aliphatic rings. The summed E-state index contributed by atoms with van der Waals surface area (Å²) in [5, 5.41) is 1.38. The zero-order valence-electron chi connectivity index (χ0n) is 23.1. The largest absolute Gasteiger partial charge is 0.355 e. The van der Waals surface area contributed by atoms with Crippen LogP contribution in [0.15, 0.2) is 65.1 Å². The highest BCUT2D eigenvalue weighted by Gasteiger charge is 2.20. The molecule has 0 aliphatic heterocycles. The minimum Gasteiger partial charge on any atom is -0.355 e. The molecular formula is C32H41ClF2N2. The van der Waals surface area contributed by atoms with Gasteiger partial charge in [-0.05, 0) is 68.4 Å². The monoisotopic (exact) mass is 526 g/mol. The van der Waals surface area contributed by atoms with E-state index in [2.05, 4.69) is 55.0 Å². The Labute approximate surface area is 226 Å². The number of hydrogen-bond acceptors (Lipinski definition) is 1. The lowest BCUT2D eigenvalue weighted by atomic mass is 9.91. The fourth-order valence-electron chi connectivity index (χ4n) is 4.30. The summed E-state index contributed by atoms with van der Waals surface area (Å²) in [4.78, 5) is 7.25. The summed E-state index contributed by atoms with van der Waals surface area (Å²) >= 11 is 6.13. The van der Waals surface area contributed by atoms with Gasteiger partial charge in [0.05, 0.1) is 11.7 Å². The maximum Gasteiger partial charge on any atom is 0.148 e. The molecule has 0 saturated carbocycles. The van der Waals surface area contributed by atoms with Crippen LogP contribution in [0, 0.1) is 5.82 Å². The van der Waals surface area contributed by atoms with E-state index in [1.54, 1.807) is 6.92 Å². The van der Waals surface area contributed by atoms with Crippen molar-refractivity contribution in [1.29, 1.82) is 0 Å². The van der Waals surface area contributed by atoms with Crippen molar-refractivity contribution in [2.45, 2.75) is 86.0 Å². The lowest BCUT2D eigenvalue weighted by molar-refractivity contribution is 0.637. The second-order valence-electron chi connectivity index (χ2n) is 9.33. The number of aromatic nitrogens is 1. The average molecular weight is 527 g/mol. The van der Waals surface area contributed by atoms with E-state index in [-0.39, 0.29) is 17.6 Å². The summed E-state index contributed by atoms with van der Waals surface area (Å²) in [5.74, 6) is -0.390. The third-order valence-corrected chi connectivity index (χ3v) is 6.58. The van der Waals surface area contributed by atoms with Crippen LogP contribution in [0.5, 0.6) is 0 Å². The van der Waals surface area contributed by atoms with E-state index in [1.807, 2.05) is 26.0 Å². The van der Waals surface area contributed by atoms with Crippen LogP contribution in [0.4, 0.5) is 8.78 Å². The lowest BCUT2D eigenvalue weighted by Crippen LogP contribution is -2.01. The van der Waals surface area contributed by atoms with Gasteiger partial charge in [-0.25, -0.2) is 8.78 Å². The van der Waals surface area contributed by atoms with Crippen molar-refractivity contribution in [2.24, 2.45) is 4.99 Å². The van der Waals surface area contributed by atoms with Crippen LogP contribution in [0.2, 0.25) is 5.02 Å². The van der Waals surface area contributed by atoms with Gasteiger partial charge in [0.25, 0.3) is 0 Å². The number of aromatic amines is 1. The summed E-state index contributed by atoms with van der Waals surface area (Å²) in [6.07, 6.45) is 10.9. The highest BCUT2D eigenvalue weighted by atomic mass is 35.5. The molecular weight excluding hydrogens is 486 g/mol. The van der Waals surface area contributed by atoms with E-state index >= 15 is 0 Å². The number of nitrogens with one attached hydrogen (secondary N) is 1. The molecule has 1 unspecified atom stereocenters. The number of benzene rings is 2. The van der Waals surface area contributed by atoms with Crippen LogP contribution in [0.3, 0.4) is 0 Å². The van der Waals surface area contributed by atoms with E-state index in [9.17, 15) is 8.78 Å². The molecule has 1 heterocycles. The maximum absolute atomic E-state index is 14.5. The van der Waals surface area contributed by atoms with E-state index < -0.39 is 0 Å². The Bertz CT molecular complexity index is 1220. The third-order valence-electron chi connectivity index (χ3n) is 6.36. The number of nitrogens with zero attached hydrogens (tertiary/aromatic N) is 1. The fraction of sp³-hybridized carbons (Fsp3) is 0.406. The second kappa shape index (κ2) is 15.5. The molecule has 0 bridgehead atoms. The second-order valence-corrected chi connectivity index (χ2v) is 9.77. The van der Waals surface area contributed by atoms with Gasteiger partial charge in [0.15, 0.2) is 0 Å². The Morgan fingerprint density at radius 3 is 2.38 bits per heavy atom. The highest BCUT2D eigenvalue weighted by molar-refractivity contribution is 6.31. The number of rotatable bonds is 10. The van der Waals surface area contributed by atoms with Gasteiger partial charge in [-0.1, -0.05) is 88.6 Å². The van der Waals surface area contributed by atoms with Gasteiger partial charge in [-0.2, -0.15) is 0 Å². The van der Waals surface area contributed by atoms with Crippen LogP contribution in [-0.4, -0.2) is 11.2 Å². The Kier molecular flexibility index (Phi) is 12.8. The van der Waals surface area contributed by atoms with E-state index in [1.165, 1.54) is 35.0 Å². The van der Waals surface area contributed by atoms with Crippen molar-refractivity contribution in [2.75, 3.05) is 0 Å². The molecule has 0 saturated heterocycles. The van der Waals surface area contributed by atoms with E-state index in [0.29, 0.717) is 10.5 Å². The summed E-state index contributed by atoms with van der Waals surface area (Å²) < 4.78 is 26.9. The molecule has 2 nitrogen and oxygen atoms in total. The Morgan fingerprint density at radius 1 is 1.08 bits per heavy atom. The SMILES string of the molecule is CCCCc1c(C(C)c2ccc(CCC)cc2)[nH]c2c(F)cc(Cl)cc12.C\C=C(F)/C=N/C(C)=C/CC. The fourth-order valence-corrected chi connectivity index (χ4v) is 4.51. The van der Waals surface area contributed by atoms with E-state index in [4.69, 9.17) is 11.6 Å². The topological polar surface area (TPSA) is 28.1 Å². The molecule has 3 aromatic rings. The van der Waals surface area contributed by atoms with Crippen molar-refractivity contribution < 1.29 is 8.78 Å². The number of aliphatic imine (C=N–C) groups is 1. The van der Waals surface area contributed by atoms with Crippen LogP contribution in [0.25, 0.3) is 10.9 Å². The predicted molar refractivity (Wildman–Crippen MR) is 157 cm³/mol. The van der Waals surface area contributed by atoms with Gasteiger partial charge in [-0.3, -0.25) is 4.99 Å². The summed E-state index contributed by atoms with van der Waals surface area (Å²) in [6.45, 7) is 12.1. The molecule has 37 heavy (non-hydrogen) atoms. The van der Waals surface area contributed by atoms with Gasteiger partial charge in [0.2, 0.25) is 0 Å². The van der Waals surface area contributed by atoms with Crippen LogP contribution >= 0.6 is 11.6 Å². The Balaban J connectivity index is 0.000000371. The quantitative estimate of drug-likeness (QED) is 0.254. The van der Waals surface area contributed by atoms with Crippen molar-refractivity contribution in [3.8, 4) is 0 Å². The van der Waals surface area contributed by atoms with Gasteiger partial charge in [0.1, 0.15) is 11.6 Å². The van der Waals surface area contributed by atoms with Crippen LogP contribution in [-0.2, 0) is 12.8 Å². The van der Waals surface area contributed by atoms with Crippen LogP contribution in [0.1, 0.15) is 95.5 Å². The molecule has 0 radical (unpaired) electrons. The first-order chi connectivity index (χ1) is 17.7. The number of fused-ring (bicyclic) bond motifs is 1. The van der Waals surface area contributed by atoms with E-state index in [0.717, 1.165) is 55.3 Å². The van der Waals surface area contributed by atoms with Gasteiger partial charge >= 0.3 is 0 Å². The summed E-state index contributed by atoms with van der Waals surface area (Å²) in [5.41, 5.74) is 6.35. The molecule has 0 amide bonds. The maximum atomic E-state index is 14.5. The summed E-state index contributed by atoms with van der Waals surface area (Å²) in [6, 6.07) is 12.1. The molecule has 2 aromatic carbocycles. The highest BCUT2D eigenvalue weighted by Crippen LogP contribution is 2.35. The molecule has 1 aromatic heterocycles.